The van der Waals surface area contributed by atoms with Crippen LogP contribution in [0.2, 0.25) is 0 Å². The number of benzene rings is 1. The Morgan fingerprint density at radius 1 is 1.22 bits per heavy atom. The first-order valence-corrected chi connectivity index (χ1v) is 12.9. The Morgan fingerprint density at radius 2 is 2.06 bits per heavy atom. The van der Waals surface area contributed by atoms with Crippen molar-refractivity contribution in [2.24, 2.45) is 23.7 Å². The van der Waals surface area contributed by atoms with Crippen molar-refractivity contribution in [3.63, 3.8) is 0 Å². The van der Waals surface area contributed by atoms with Crippen LogP contribution in [0.15, 0.2) is 18.2 Å². The van der Waals surface area contributed by atoms with Gasteiger partial charge in [-0.15, -0.1) is 0 Å². The van der Waals surface area contributed by atoms with Gasteiger partial charge in [-0.1, -0.05) is 38.3 Å². The summed E-state index contributed by atoms with van der Waals surface area (Å²) in [6, 6.07) is 6.17. The van der Waals surface area contributed by atoms with Gasteiger partial charge in [-0.3, -0.25) is 4.79 Å². The minimum atomic E-state index is -0.278. The number of nitrogens with one attached hydrogen (secondary N) is 1. The van der Waals surface area contributed by atoms with Crippen LogP contribution in [-0.4, -0.2) is 41.5 Å². The molecule has 2 fully saturated rings. The van der Waals surface area contributed by atoms with Gasteiger partial charge in [0.2, 0.25) is 0 Å². The van der Waals surface area contributed by atoms with Crippen LogP contribution in [0.4, 0.5) is 0 Å². The van der Waals surface area contributed by atoms with E-state index in [1.54, 1.807) is 0 Å². The van der Waals surface area contributed by atoms with Crippen molar-refractivity contribution in [1.82, 2.24) is 5.32 Å². The molecule has 5 heteroatoms. The summed E-state index contributed by atoms with van der Waals surface area (Å²) >= 11 is 0. The van der Waals surface area contributed by atoms with Crippen LogP contribution in [0, 0.1) is 23.7 Å². The topological polar surface area (TPSA) is 78.8 Å². The van der Waals surface area contributed by atoms with Crippen LogP contribution >= 0.6 is 0 Å². The van der Waals surface area contributed by atoms with Crippen LogP contribution in [0.1, 0.15) is 75.8 Å². The average molecular weight is 444 g/mol. The number of carbonyl (C=O) groups excluding carboxylic acids is 1. The van der Waals surface area contributed by atoms with Gasteiger partial charge in [0, 0.05) is 6.54 Å². The van der Waals surface area contributed by atoms with Crippen LogP contribution in [0.25, 0.3) is 0 Å². The summed E-state index contributed by atoms with van der Waals surface area (Å²) in [4.78, 5) is 12.1. The fraction of sp³-hybridized carbons (Fsp3) is 0.741. The van der Waals surface area contributed by atoms with Crippen molar-refractivity contribution >= 4 is 5.91 Å². The first-order valence-electron chi connectivity index (χ1n) is 12.9. The molecule has 2 saturated carbocycles. The third-order valence-electron chi connectivity index (χ3n) is 7.96. The summed E-state index contributed by atoms with van der Waals surface area (Å²) in [6.45, 7) is 3.02. The number of aliphatic hydroxyl groups excluding tert-OH is 2. The third-order valence-corrected chi connectivity index (χ3v) is 7.96. The quantitative estimate of drug-likeness (QED) is 0.426. The second kappa shape index (κ2) is 11.0. The molecule has 0 radical (unpaired) electrons. The normalized spacial score (nSPS) is 27.5. The summed E-state index contributed by atoms with van der Waals surface area (Å²) in [5.74, 6) is 2.64. The number of carbonyl (C=O) groups is 1. The van der Waals surface area contributed by atoms with E-state index in [2.05, 4.69) is 18.3 Å². The second-order valence-corrected chi connectivity index (χ2v) is 10.5. The number of hydrogen-bond donors (Lipinski definition) is 3. The Morgan fingerprint density at radius 3 is 2.84 bits per heavy atom. The summed E-state index contributed by atoms with van der Waals surface area (Å²) < 4.78 is 5.94. The van der Waals surface area contributed by atoms with Gasteiger partial charge in [0.1, 0.15) is 5.75 Å². The maximum atomic E-state index is 12.1. The Labute approximate surface area is 192 Å². The highest BCUT2D eigenvalue weighted by Gasteiger charge is 2.44. The first-order chi connectivity index (χ1) is 15.5. The number of rotatable bonds is 12. The lowest BCUT2D eigenvalue weighted by atomic mass is 9.73. The minimum Gasteiger partial charge on any atom is -0.483 e. The Kier molecular flexibility index (Phi) is 8.12. The third kappa shape index (κ3) is 6.05. The van der Waals surface area contributed by atoms with E-state index in [0.29, 0.717) is 17.8 Å². The Bertz CT molecular complexity index is 762. The molecule has 5 atom stereocenters. The molecule has 4 rings (SSSR count). The molecule has 3 aliphatic rings. The molecule has 0 saturated heterocycles. The van der Waals surface area contributed by atoms with Crippen molar-refractivity contribution in [3.05, 3.63) is 29.3 Å². The van der Waals surface area contributed by atoms with E-state index in [4.69, 9.17) is 4.74 Å². The average Bonchev–Trinajstić information content (AvgIpc) is 3.56. The summed E-state index contributed by atoms with van der Waals surface area (Å²) in [5.41, 5.74) is 2.51. The molecule has 178 valence electrons. The second-order valence-electron chi connectivity index (χ2n) is 10.5. The minimum absolute atomic E-state index is 0.0444. The highest BCUT2D eigenvalue weighted by atomic mass is 16.5. The van der Waals surface area contributed by atoms with Crippen molar-refractivity contribution in [3.8, 4) is 5.75 Å². The SMILES string of the molecule is CCCCCC(O)CCC1C(O)CC2Cc3c(cccc3OCC(=O)NCC3CC3)CC21. The fourth-order valence-electron chi connectivity index (χ4n) is 5.87. The number of ether oxygens (including phenoxy) is 1. The van der Waals surface area contributed by atoms with E-state index in [-0.39, 0.29) is 30.6 Å². The van der Waals surface area contributed by atoms with Gasteiger partial charge in [-0.2, -0.15) is 0 Å². The molecule has 3 N–H and O–H groups in total. The molecule has 0 aliphatic heterocycles. The molecule has 3 aliphatic carbocycles. The van der Waals surface area contributed by atoms with Gasteiger partial charge < -0.3 is 20.3 Å². The lowest BCUT2D eigenvalue weighted by Crippen LogP contribution is -2.31. The highest BCUT2D eigenvalue weighted by Crippen LogP contribution is 2.48. The van der Waals surface area contributed by atoms with Gasteiger partial charge >= 0.3 is 0 Å². The van der Waals surface area contributed by atoms with Gasteiger partial charge in [0.15, 0.2) is 6.61 Å². The maximum Gasteiger partial charge on any atom is 0.257 e. The van der Waals surface area contributed by atoms with Crippen molar-refractivity contribution in [2.45, 2.75) is 89.8 Å². The standard InChI is InChI=1S/C27H41NO4/c1-2-3-4-7-21(29)11-12-22-23-13-19-6-5-8-26(24(19)14-20(23)15-25(22)30)32-17-27(31)28-16-18-9-10-18/h5-6,8,18,20-23,25,29-30H,2-4,7,9-17H2,1H3,(H,28,31). The number of fused-ring (bicyclic) bond motifs is 2. The van der Waals surface area contributed by atoms with Gasteiger partial charge in [-0.25, -0.2) is 0 Å². The molecule has 1 aromatic rings. The van der Waals surface area contributed by atoms with Gasteiger partial charge in [0.05, 0.1) is 12.2 Å². The van der Waals surface area contributed by atoms with E-state index in [1.165, 1.54) is 36.8 Å². The van der Waals surface area contributed by atoms with Gasteiger partial charge in [0.25, 0.3) is 5.91 Å². The van der Waals surface area contributed by atoms with Gasteiger partial charge in [-0.05, 0) is 92.2 Å². The zero-order valence-corrected chi connectivity index (χ0v) is 19.6. The summed E-state index contributed by atoms with van der Waals surface area (Å²) in [6.07, 6.45) is 10.6. The van der Waals surface area contributed by atoms with Crippen molar-refractivity contribution < 1.29 is 19.7 Å². The summed E-state index contributed by atoms with van der Waals surface area (Å²) in [5, 5.41) is 24.1. The lowest BCUT2D eigenvalue weighted by Gasteiger charge is -2.32. The zero-order valence-electron chi connectivity index (χ0n) is 19.6. The molecule has 5 nitrogen and oxygen atoms in total. The molecule has 0 spiro atoms. The molecule has 5 unspecified atom stereocenters. The van der Waals surface area contributed by atoms with E-state index in [9.17, 15) is 15.0 Å². The highest BCUT2D eigenvalue weighted by molar-refractivity contribution is 5.77. The van der Waals surface area contributed by atoms with Crippen LogP contribution < -0.4 is 10.1 Å². The largest absolute Gasteiger partial charge is 0.483 e. The summed E-state index contributed by atoms with van der Waals surface area (Å²) in [7, 11) is 0. The lowest BCUT2D eigenvalue weighted by molar-refractivity contribution is -0.123. The predicted molar refractivity (Wildman–Crippen MR) is 126 cm³/mol. The van der Waals surface area contributed by atoms with E-state index < -0.39 is 0 Å². The number of unbranched alkanes of at least 4 members (excludes halogenated alkanes) is 2. The molecule has 0 heterocycles. The van der Waals surface area contributed by atoms with Crippen LogP contribution in [0.3, 0.4) is 0 Å². The molecule has 0 aromatic heterocycles. The van der Waals surface area contributed by atoms with Crippen LogP contribution in [-0.2, 0) is 17.6 Å². The van der Waals surface area contributed by atoms with E-state index in [1.807, 2.05) is 12.1 Å². The predicted octanol–water partition coefficient (Wildman–Crippen LogP) is 4.02. The van der Waals surface area contributed by atoms with E-state index >= 15 is 0 Å². The Balaban J connectivity index is 1.32. The molecule has 32 heavy (non-hydrogen) atoms. The number of hydrogen-bond acceptors (Lipinski definition) is 4. The monoisotopic (exact) mass is 443 g/mol. The van der Waals surface area contributed by atoms with Crippen molar-refractivity contribution in [1.29, 1.82) is 0 Å². The van der Waals surface area contributed by atoms with Crippen molar-refractivity contribution in [2.75, 3.05) is 13.2 Å². The Hall–Kier alpha value is -1.59. The number of amides is 1. The smallest absolute Gasteiger partial charge is 0.257 e. The molecular weight excluding hydrogens is 402 g/mol. The molecule has 0 bridgehead atoms. The molecule has 1 amide bonds. The molecule has 1 aromatic carbocycles. The fourth-order valence-corrected chi connectivity index (χ4v) is 5.87. The van der Waals surface area contributed by atoms with Crippen LogP contribution in [0.5, 0.6) is 5.75 Å². The zero-order chi connectivity index (χ0) is 22.5. The van der Waals surface area contributed by atoms with E-state index in [0.717, 1.165) is 57.2 Å². The maximum absolute atomic E-state index is 12.1. The first kappa shape index (κ1) is 23.6. The molecular formula is C27H41NO4. The number of aliphatic hydroxyl groups is 2.